The zero-order valence-corrected chi connectivity index (χ0v) is 23.2. The van der Waals surface area contributed by atoms with Crippen molar-refractivity contribution in [2.45, 2.75) is 39.7 Å². The van der Waals surface area contributed by atoms with Crippen molar-refractivity contribution in [1.82, 2.24) is 35.5 Å². The van der Waals surface area contributed by atoms with Crippen molar-refractivity contribution in [3.05, 3.63) is 83.5 Å². The van der Waals surface area contributed by atoms with E-state index in [1.807, 2.05) is 39.1 Å². The second kappa shape index (κ2) is 12.1. The molecule has 4 heterocycles. The van der Waals surface area contributed by atoms with Crippen LogP contribution in [0.25, 0.3) is 39.3 Å². The second-order valence-corrected chi connectivity index (χ2v) is 9.83. The number of fused-ring (bicyclic) bond motifs is 1. The fourth-order valence-electron chi connectivity index (χ4n) is 4.73. The quantitative estimate of drug-likeness (QED) is 0.162. The highest BCUT2D eigenvalue weighted by atomic mass is 19.1. The Labute approximate surface area is 236 Å². The van der Waals surface area contributed by atoms with Gasteiger partial charge in [0.1, 0.15) is 11.5 Å². The lowest BCUT2D eigenvalue weighted by molar-refractivity contribution is -0.116. The molecule has 1 aromatic carbocycles. The lowest BCUT2D eigenvalue weighted by atomic mass is 10.00. The van der Waals surface area contributed by atoms with Crippen LogP contribution < -0.4 is 16.4 Å². The summed E-state index contributed by atoms with van der Waals surface area (Å²) in [6.07, 6.45) is 8.75. The first-order valence-electron chi connectivity index (χ1n) is 13.4. The molecule has 5 rings (SSSR count). The molecule has 0 radical (unpaired) electrons. The first kappa shape index (κ1) is 27.7. The fraction of sp³-hybridized carbons (Fsp3) is 0.233. The largest absolute Gasteiger partial charge is 0.404 e. The van der Waals surface area contributed by atoms with E-state index in [-0.39, 0.29) is 11.7 Å². The standard InChI is InChI=1S/C30H32FN9O/c1-4-5-6-26(41)37-23-10-20(14-34-16-23)21-11-24-28(39-40-29(24)35-15-21)30-36-17(2)27(38-30)25(12-32)19-7-18(13-33-3)8-22(31)9-19/h7-12,14-16,33H,4-6,13,32H2,1-3H3,(H,36,38)(H,37,41)(H,35,39,40)/b25-12-. The first-order chi connectivity index (χ1) is 19.9. The molecule has 5 aromatic rings. The van der Waals surface area contributed by atoms with Gasteiger partial charge in [0.2, 0.25) is 5.91 Å². The van der Waals surface area contributed by atoms with Crippen LogP contribution >= 0.6 is 0 Å². The Balaban J connectivity index is 1.48. The number of aromatic amines is 2. The average molecular weight is 554 g/mol. The molecule has 0 spiro atoms. The van der Waals surface area contributed by atoms with Crippen molar-refractivity contribution in [1.29, 1.82) is 0 Å². The zero-order valence-electron chi connectivity index (χ0n) is 23.2. The van der Waals surface area contributed by atoms with Crippen molar-refractivity contribution in [2.24, 2.45) is 5.73 Å². The van der Waals surface area contributed by atoms with Gasteiger partial charge >= 0.3 is 0 Å². The number of anilines is 1. The third-order valence-electron chi connectivity index (χ3n) is 6.72. The first-order valence-corrected chi connectivity index (χ1v) is 13.4. The molecule has 210 valence electrons. The summed E-state index contributed by atoms with van der Waals surface area (Å²) in [6.45, 7) is 4.45. The Morgan fingerprint density at radius 1 is 1.12 bits per heavy atom. The van der Waals surface area contributed by atoms with Gasteiger partial charge in [-0.3, -0.25) is 14.9 Å². The van der Waals surface area contributed by atoms with E-state index in [0.29, 0.717) is 52.6 Å². The van der Waals surface area contributed by atoms with Gasteiger partial charge in [-0.1, -0.05) is 13.3 Å². The minimum absolute atomic E-state index is 0.0390. The number of halogens is 1. The molecule has 0 saturated carbocycles. The second-order valence-electron chi connectivity index (χ2n) is 9.83. The molecule has 41 heavy (non-hydrogen) atoms. The van der Waals surface area contributed by atoms with E-state index in [1.54, 1.807) is 18.6 Å². The van der Waals surface area contributed by atoms with Crippen molar-refractivity contribution in [2.75, 3.05) is 12.4 Å². The normalized spacial score (nSPS) is 11.8. The minimum Gasteiger partial charge on any atom is -0.404 e. The molecule has 0 atom stereocenters. The summed E-state index contributed by atoms with van der Waals surface area (Å²) in [6, 6.07) is 8.65. The number of rotatable bonds is 10. The molecule has 0 fully saturated rings. The van der Waals surface area contributed by atoms with Crippen LogP contribution in [0.2, 0.25) is 0 Å². The van der Waals surface area contributed by atoms with Gasteiger partial charge in [0.15, 0.2) is 11.5 Å². The highest BCUT2D eigenvalue weighted by Crippen LogP contribution is 2.32. The molecule has 0 bridgehead atoms. The molecule has 10 nitrogen and oxygen atoms in total. The Kier molecular flexibility index (Phi) is 8.16. The third-order valence-corrected chi connectivity index (χ3v) is 6.72. The predicted octanol–water partition coefficient (Wildman–Crippen LogP) is 5.05. The summed E-state index contributed by atoms with van der Waals surface area (Å²) < 4.78 is 14.4. The summed E-state index contributed by atoms with van der Waals surface area (Å²) >= 11 is 0. The number of imidazole rings is 1. The van der Waals surface area contributed by atoms with E-state index in [0.717, 1.165) is 40.6 Å². The van der Waals surface area contributed by atoms with E-state index in [1.165, 1.54) is 18.3 Å². The lowest BCUT2D eigenvalue weighted by Crippen LogP contribution is -2.11. The molecule has 0 saturated heterocycles. The van der Waals surface area contributed by atoms with Crippen LogP contribution in [0.4, 0.5) is 10.1 Å². The van der Waals surface area contributed by atoms with Gasteiger partial charge < -0.3 is 21.4 Å². The maximum Gasteiger partial charge on any atom is 0.224 e. The zero-order chi connectivity index (χ0) is 28.9. The van der Waals surface area contributed by atoms with Crippen LogP contribution in [-0.2, 0) is 11.3 Å². The van der Waals surface area contributed by atoms with Gasteiger partial charge in [-0.15, -0.1) is 0 Å². The van der Waals surface area contributed by atoms with Gasteiger partial charge in [0.05, 0.1) is 23.0 Å². The van der Waals surface area contributed by atoms with Gasteiger partial charge in [-0.2, -0.15) is 5.10 Å². The van der Waals surface area contributed by atoms with Crippen LogP contribution in [-0.4, -0.2) is 43.1 Å². The summed E-state index contributed by atoms with van der Waals surface area (Å²) in [5.74, 6) is 0.154. The Morgan fingerprint density at radius 3 is 2.73 bits per heavy atom. The predicted molar refractivity (Wildman–Crippen MR) is 158 cm³/mol. The summed E-state index contributed by atoms with van der Waals surface area (Å²) in [4.78, 5) is 29.2. The Bertz CT molecular complexity index is 1740. The molecule has 0 aliphatic carbocycles. The van der Waals surface area contributed by atoms with Crippen molar-refractivity contribution >= 4 is 28.2 Å². The maximum absolute atomic E-state index is 14.4. The number of nitrogens with one attached hydrogen (secondary N) is 4. The highest BCUT2D eigenvalue weighted by Gasteiger charge is 2.19. The van der Waals surface area contributed by atoms with Crippen LogP contribution in [0.5, 0.6) is 0 Å². The Hall–Kier alpha value is -4.90. The van der Waals surface area contributed by atoms with Crippen molar-refractivity contribution < 1.29 is 9.18 Å². The van der Waals surface area contributed by atoms with E-state index in [4.69, 9.17) is 10.7 Å². The summed E-state index contributed by atoms with van der Waals surface area (Å²) in [5.41, 5.74) is 12.8. The molecule has 11 heteroatoms. The highest BCUT2D eigenvalue weighted by molar-refractivity contribution is 5.94. The van der Waals surface area contributed by atoms with Crippen molar-refractivity contribution in [3.63, 3.8) is 0 Å². The molecule has 0 unspecified atom stereocenters. The number of aryl methyl sites for hydroxylation is 1. The smallest absolute Gasteiger partial charge is 0.224 e. The summed E-state index contributed by atoms with van der Waals surface area (Å²) in [7, 11) is 1.81. The number of nitrogens with two attached hydrogens (primary N) is 1. The number of aromatic nitrogens is 6. The number of benzene rings is 1. The number of hydrogen-bond acceptors (Lipinski definition) is 7. The fourth-order valence-corrected chi connectivity index (χ4v) is 4.73. The van der Waals surface area contributed by atoms with Gasteiger partial charge in [0, 0.05) is 54.0 Å². The Morgan fingerprint density at radius 2 is 1.95 bits per heavy atom. The number of nitrogens with zero attached hydrogens (tertiary/aromatic N) is 4. The van der Waals surface area contributed by atoms with Gasteiger partial charge in [0.25, 0.3) is 0 Å². The number of carbonyl (C=O) groups is 1. The third kappa shape index (κ3) is 5.99. The number of pyridine rings is 2. The number of unbranched alkanes of at least 4 members (excludes halogenated alkanes) is 1. The van der Waals surface area contributed by atoms with Gasteiger partial charge in [-0.05, 0) is 61.9 Å². The summed E-state index contributed by atoms with van der Waals surface area (Å²) in [5, 5.41) is 14.1. The molecule has 4 aromatic heterocycles. The number of H-pyrrole nitrogens is 2. The van der Waals surface area contributed by atoms with Crippen molar-refractivity contribution in [3.8, 4) is 22.6 Å². The number of carbonyl (C=O) groups excluding carboxylic acids is 1. The van der Waals surface area contributed by atoms with E-state index in [9.17, 15) is 9.18 Å². The minimum atomic E-state index is -0.349. The monoisotopic (exact) mass is 553 g/mol. The number of amides is 1. The topological polar surface area (TPSA) is 150 Å². The maximum atomic E-state index is 14.4. The van der Waals surface area contributed by atoms with Crippen LogP contribution in [0, 0.1) is 12.7 Å². The lowest BCUT2D eigenvalue weighted by Gasteiger charge is -2.09. The van der Waals surface area contributed by atoms with Crippen LogP contribution in [0.15, 0.2) is 55.1 Å². The van der Waals surface area contributed by atoms with E-state index >= 15 is 0 Å². The van der Waals surface area contributed by atoms with Crippen LogP contribution in [0.3, 0.4) is 0 Å². The van der Waals surface area contributed by atoms with Crippen LogP contribution in [0.1, 0.15) is 48.7 Å². The molecule has 0 aliphatic rings. The number of hydrogen-bond donors (Lipinski definition) is 5. The molecule has 0 aliphatic heterocycles. The van der Waals surface area contributed by atoms with E-state index < -0.39 is 0 Å². The molecule has 1 amide bonds. The van der Waals surface area contributed by atoms with E-state index in [2.05, 4.69) is 35.8 Å². The average Bonchev–Trinajstić information content (AvgIpc) is 3.55. The SMILES string of the molecule is CCCCC(=O)Nc1cncc(-c2cnc3n[nH]c(-c4nc(/C(=C\N)c5cc(F)cc(CNC)c5)c(C)[nH]4)c3c2)c1. The van der Waals surface area contributed by atoms with Gasteiger partial charge in [-0.25, -0.2) is 14.4 Å². The molecule has 6 N–H and O–H groups in total. The molecular formula is C30H32FN9O. The molecular weight excluding hydrogens is 521 g/mol.